The minimum Gasteiger partial charge on any atom is -0.423 e. The van der Waals surface area contributed by atoms with E-state index in [1.807, 2.05) is 30.5 Å². The molecule has 0 radical (unpaired) electrons. The Morgan fingerprint density at radius 1 is 1.24 bits per heavy atom. The average Bonchev–Trinajstić information content (AvgIpc) is 2.40. The number of thioether (sulfide) groups is 1. The number of aromatic nitrogens is 2. The van der Waals surface area contributed by atoms with Crippen LogP contribution in [-0.4, -0.2) is 16.2 Å². The first kappa shape index (κ1) is 11.9. The van der Waals surface area contributed by atoms with Gasteiger partial charge in [0, 0.05) is 29.4 Å². The molecule has 0 atom stereocenters. The maximum Gasteiger partial charge on any atom is 0.321 e. The lowest BCUT2D eigenvalue weighted by Gasteiger charge is -2.07. The first-order chi connectivity index (χ1) is 8.33. The van der Waals surface area contributed by atoms with E-state index < -0.39 is 0 Å². The fourth-order valence-corrected chi connectivity index (χ4v) is 1.83. The molecule has 2 aromatic rings. The van der Waals surface area contributed by atoms with Crippen molar-refractivity contribution >= 4 is 11.8 Å². The zero-order valence-corrected chi connectivity index (χ0v) is 10.3. The van der Waals surface area contributed by atoms with Crippen LogP contribution in [0.1, 0.15) is 5.56 Å². The summed E-state index contributed by atoms with van der Waals surface area (Å²) in [6, 6.07) is 8.12. The highest BCUT2D eigenvalue weighted by molar-refractivity contribution is 7.98. The molecule has 0 aliphatic carbocycles. The molecule has 0 fully saturated rings. The minimum atomic E-state index is 0.337. The van der Waals surface area contributed by atoms with Gasteiger partial charge in [0.1, 0.15) is 5.75 Å². The van der Waals surface area contributed by atoms with Crippen LogP contribution in [0.15, 0.2) is 41.6 Å². The molecule has 4 nitrogen and oxygen atoms in total. The molecule has 5 heteroatoms. The van der Waals surface area contributed by atoms with E-state index in [0.717, 1.165) is 16.2 Å². The molecular weight excluding hydrogens is 234 g/mol. The number of hydrogen-bond acceptors (Lipinski definition) is 5. The Balaban J connectivity index is 2.19. The van der Waals surface area contributed by atoms with E-state index in [4.69, 9.17) is 10.5 Å². The molecule has 0 saturated carbocycles. The summed E-state index contributed by atoms with van der Waals surface area (Å²) in [6.45, 7) is 0.432. The van der Waals surface area contributed by atoms with Crippen LogP contribution < -0.4 is 10.5 Å². The van der Waals surface area contributed by atoms with Gasteiger partial charge in [0.2, 0.25) is 0 Å². The molecule has 0 saturated heterocycles. The Morgan fingerprint density at radius 2 is 1.94 bits per heavy atom. The molecule has 2 N–H and O–H groups in total. The standard InChI is InChI=1S/C12H13N3OS/c1-17-11-5-3-2-4-10(11)16-12-14-7-9(6-13)8-15-12/h2-5,7-8H,6,13H2,1H3. The van der Waals surface area contributed by atoms with Crippen molar-refractivity contribution in [2.24, 2.45) is 5.73 Å². The first-order valence-corrected chi connectivity index (χ1v) is 6.38. The summed E-state index contributed by atoms with van der Waals surface area (Å²) in [6.07, 6.45) is 5.34. The van der Waals surface area contributed by atoms with Crippen LogP contribution >= 0.6 is 11.8 Å². The van der Waals surface area contributed by atoms with E-state index in [9.17, 15) is 0 Å². The Bertz CT molecular complexity index is 487. The molecule has 1 heterocycles. The van der Waals surface area contributed by atoms with Gasteiger partial charge in [0.05, 0.1) is 0 Å². The van der Waals surface area contributed by atoms with Crippen molar-refractivity contribution < 1.29 is 4.74 Å². The van der Waals surface area contributed by atoms with Gasteiger partial charge in [-0.05, 0) is 18.4 Å². The van der Waals surface area contributed by atoms with Crippen LogP contribution in [0.2, 0.25) is 0 Å². The van der Waals surface area contributed by atoms with Crippen LogP contribution in [0, 0.1) is 0 Å². The maximum absolute atomic E-state index is 5.62. The Labute approximate surface area is 104 Å². The van der Waals surface area contributed by atoms with Crippen LogP contribution in [0.3, 0.4) is 0 Å². The molecule has 17 heavy (non-hydrogen) atoms. The monoisotopic (exact) mass is 247 g/mol. The van der Waals surface area contributed by atoms with Crippen molar-refractivity contribution in [1.82, 2.24) is 9.97 Å². The normalized spacial score (nSPS) is 10.2. The van der Waals surface area contributed by atoms with E-state index in [2.05, 4.69) is 9.97 Å². The summed E-state index contributed by atoms with van der Waals surface area (Å²) in [5.74, 6) is 0.764. The minimum absolute atomic E-state index is 0.337. The number of nitrogens with two attached hydrogens (primary N) is 1. The third-order valence-electron chi connectivity index (χ3n) is 2.19. The summed E-state index contributed by atoms with van der Waals surface area (Å²) >= 11 is 1.62. The van der Waals surface area contributed by atoms with Crippen molar-refractivity contribution in [3.8, 4) is 11.8 Å². The number of benzene rings is 1. The molecule has 0 unspecified atom stereocenters. The fraction of sp³-hybridized carbons (Fsp3) is 0.167. The summed E-state index contributed by atoms with van der Waals surface area (Å²) in [5.41, 5.74) is 6.36. The Morgan fingerprint density at radius 3 is 2.59 bits per heavy atom. The number of rotatable bonds is 4. The highest BCUT2D eigenvalue weighted by Gasteiger charge is 2.04. The van der Waals surface area contributed by atoms with Gasteiger partial charge in [-0.15, -0.1) is 11.8 Å². The van der Waals surface area contributed by atoms with Gasteiger partial charge in [0.25, 0.3) is 0 Å². The molecule has 88 valence electrons. The van der Waals surface area contributed by atoms with Gasteiger partial charge in [-0.3, -0.25) is 0 Å². The lowest BCUT2D eigenvalue weighted by molar-refractivity contribution is 0.431. The molecule has 0 amide bonds. The SMILES string of the molecule is CSc1ccccc1Oc1ncc(CN)cn1. The van der Waals surface area contributed by atoms with Gasteiger partial charge in [-0.25, -0.2) is 9.97 Å². The third kappa shape index (κ3) is 2.95. The van der Waals surface area contributed by atoms with Crippen molar-refractivity contribution in [2.45, 2.75) is 11.4 Å². The van der Waals surface area contributed by atoms with E-state index in [1.54, 1.807) is 24.2 Å². The molecule has 0 bridgehead atoms. The van der Waals surface area contributed by atoms with Gasteiger partial charge in [-0.2, -0.15) is 0 Å². The average molecular weight is 247 g/mol. The third-order valence-corrected chi connectivity index (χ3v) is 2.96. The zero-order valence-electron chi connectivity index (χ0n) is 9.46. The van der Waals surface area contributed by atoms with Crippen LogP contribution in [0.25, 0.3) is 0 Å². The highest BCUT2D eigenvalue weighted by Crippen LogP contribution is 2.29. The molecule has 0 aliphatic heterocycles. The second-order valence-corrected chi connectivity index (χ2v) is 4.18. The van der Waals surface area contributed by atoms with Crippen LogP contribution in [0.4, 0.5) is 0 Å². The lowest BCUT2D eigenvalue weighted by Crippen LogP contribution is -1.99. The number of hydrogen-bond donors (Lipinski definition) is 1. The lowest BCUT2D eigenvalue weighted by atomic mass is 10.3. The smallest absolute Gasteiger partial charge is 0.321 e. The quantitative estimate of drug-likeness (QED) is 0.841. The predicted molar refractivity (Wildman–Crippen MR) is 68.2 cm³/mol. The van der Waals surface area contributed by atoms with E-state index in [0.29, 0.717) is 12.6 Å². The van der Waals surface area contributed by atoms with Crippen molar-refractivity contribution in [3.05, 3.63) is 42.2 Å². The molecule has 1 aromatic heterocycles. The first-order valence-electron chi connectivity index (χ1n) is 5.15. The zero-order chi connectivity index (χ0) is 12.1. The largest absolute Gasteiger partial charge is 0.423 e. The summed E-state index contributed by atoms with van der Waals surface area (Å²) in [4.78, 5) is 9.25. The van der Waals surface area contributed by atoms with Crippen LogP contribution in [0.5, 0.6) is 11.8 Å². The molecule has 1 aromatic carbocycles. The van der Waals surface area contributed by atoms with E-state index >= 15 is 0 Å². The second-order valence-electron chi connectivity index (χ2n) is 3.33. The summed E-state index contributed by atoms with van der Waals surface area (Å²) < 4.78 is 5.62. The van der Waals surface area contributed by atoms with Gasteiger partial charge >= 0.3 is 6.01 Å². The number of nitrogens with zero attached hydrogens (tertiary/aromatic N) is 2. The van der Waals surface area contributed by atoms with Gasteiger partial charge in [0.15, 0.2) is 0 Å². The van der Waals surface area contributed by atoms with E-state index in [1.165, 1.54) is 0 Å². The molecule has 2 rings (SSSR count). The number of ether oxygens (including phenoxy) is 1. The van der Waals surface area contributed by atoms with Gasteiger partial charge in [-0.1, -0.05) is 12.1 Å². The van der Waals surface area contributed by atoms with Gasteiger partial charge < -0.3 is 10.5 Å². The molecular formula is C12H13N3OS. The highest BCUT2D eigenvalue weighted by atomic mass is 32.2. The summed E-state index contributed by atoms with van der Waals surface area (Å²) in [5, 5.41) is 0. The van der Waals surface area contributed by atoms with E-state index in [-0.39, 0.29) is 0 Å². The van der Waals surface area contributed by atoms with Crippen LogP contribution in [-0.2, 0) is 6.54 Å². The molecule has 0 aliphatic rings. The van der Waals surface area contributed by atoms with Crippen molar-refractivity contribution in [1.29, 1.82) is 0 Å². The fourth-order valence-electron chi connectivity index (χ4n) is 1.30. The Kier molecular flexibility index (Phi) is 3.95. The predicted octanol–water partition coefficient (Wildman–Crippen LogP) is 2.45. The van der Waals surface area contributed by atoms with Crippen molar-refractivity contribution in [3.63, 3.8) is 0 Å². The maximum atomic E-state index is 5.62. The number of para-hydroxylation sites is 1. The second kappa shape index (κ2) is 5.65. The van der Waals surface area contributed by atoms with Crippen molar-refractivity contribution in [2.75, 3.05) is 6.26 Å². The summed E-state index contributed by atoms with van der Waals surface area (Å²) in [7, 11) is 0. The topological polar surface area (TPSA) is 61.0 Å². The molecule has 0 spiro atoms. The Hall–Kier alpha value is -1.59.